The average Bonchev–Trinajstić information content (AvgIpc) is 2.15. The normalized spacial score (nSPS) is 16.4. The molecule has 0 saturated heterocycles. The van der Waals surface area contributed by atoms with Crippen molar-refractivity contribution >= 4 is 35.2 Å². The summed E-state index contributed by atoms with van der Waals surface area (Å²) in [5.74, 6) is 2.34. The summed E-state index contributed by atoms with van der Waals surface area (Å²) in [5.41, 5.74) is -2.32. The number of hydrogen-bond acceptors (Lipinski definition) is 4. The Morgan fingerprint density at radius 1 is 1.86 bits per heavy atom. The van der Waals surface area contributed by atoms with E-state index in [2.05, 4.69) is 17.9 Å². The monoisotopic (exact) mass is 251 g/mol. The van der Waals surface area contributed by atoms with Gasteiger partial charge in [-0.1, -0.05) is 31.1 Å². The van der Waals surface area contributed by atoms with Crippen LogP contribution in [0.3, 0.4) is 0 Å². The fourth-order valence-corrected chi connectivity index (χ4v) is 5.92. The quantitative estimate of drug-likeness (QED) is 0.427. The lowest BCUT2D eigenvalue weighted by atomic mass is 10.4. The highest BCUT2D eigenvalue weighted by Gasteiger charge is 2.20. The number of terminal acetylenes is 1. The maximum absolute atomic E-state index is 10.4. The summed E-state index contributed by atoms with van der Waals surface area (Å²) in [4.78, 5) is 10.4. The zero-order valence-electron chi connectivity index (χ0n) is 8.23. The summed E-state index contributed by atoms with van der Waals surface area (Å²) in [6, 6.07) is 0. The first kappa shape index (κ1) is 14.0. The third-order valence-electron chi connectivity index (χ3n) is 1.42. The Morgan fingerprint density at radius 2 is 2.50 bits per heavy atom. The molecule has 0 aromatic carbocycles. The Hall–Kier alpha value is -0.0100. The number of nitrogens with one attached hydrogen (secondary N) is 1. The summed E-state index contributed by atoms with van der Waals surface area (Å²) < 4.78 is 5.30. The number of rotatable bonds is 7. The zero-order valence-corrected chi connectivity index (χ0v) is 10.8. The largest absolute Gasteiger partial charge is 0.313 e. The van der Waals surface area contributed by atoms with Crippen LogP contribution < -0.4 is 5.09 Å². The van der Waals surface area contributed by atoms with Gasteiger partial charge < -0.3 is 9.61 Å². The zero-order chi connectivity index (χ0) is 11.0. The van der Waals surface area contributed by atoms with Crippen LogP contribution in [-0.2, 0) is 21.1 Å². The Labute approximate surface area is 94.3 Å². The molecule has 0 bridgehead atoms. The molecule has 0 aromatic rings. The molecule has 0 spiro atoms. The van der Waals surface area contributed by atoms with Crippen molar-refractivity contribution in [1.82, 2.24) is 5.09 Å². The van der Waals surface area contributed by atoms with Crippen LogP contribution in [0.25, 0.3) is 0 Å². The number of hydrogen-bond donors (Lipinski definition) is 1. The van der Waals surface area contributed by atoms with Gasteiger partial charge >= 0.3 is 0 Å². The van der Waals surface area contributed by atoms with Gasteiger partial charge in [0.05, 0.1) is 0 Å². The van der Waals surface area contributed by atoms with Gasteiger partial charge in [-0.2, -0.15) is 0 Å². The first-order valence-corrected chi connectivity index (χ1v) is 8.36. The van der Waals surface area contributed by atoms with Crippen molar-refractivity contribution in [2.75, 3.05) is 6.61 Å². The minimum absolute atomic E-state index is 0.140. The molecule has 2 unspecified atom stereocenters. The molecule has 0 aliphatic rings. The molecule has 3 nitrogen and oxygen atoms in total. The highest BCUT2D eigenvalue weighted by atomic mass is 32.9. The van der Waals surface area contributed by atoms with Crippen LogP contribution in [0.4, 0.5) is 0 Å². The van der Waals surface area contributed by atoms with E-state index in [-0.39, 0.29) is 6.61 Å². The SMILES string of the molecule is C#CCOP(=S)(NC=O)SC(C)CC. The second kappa shape index (κ2) is 7.30. The molecule has 6 heteroatoms. The molecule has 1 amide bonds. The second-order valence-corrected chi connectivity index (χ2v) is 9.48. The van der Waals surface area contributed by atoms with Crippen LogP contribution >= 0.6 is 17.0 Å². The second-order valence-electron chi connectivity index (χ2n) is 2.55. The van der Waals surface area contributed by atoms with Gasteiger partial charge in [-0.05, 0) is 18.2 Å². The van der Waals surface area contributed by atoms with Crippen LogP contribution in [0, 0.1) is 12.3 Å². The highest BCUT2D eigenvalue weighted by molar-refractivity contribution is 8.69. The van der Waals surface area contributed by atoms with Crippen molar-refractivity contribution < 1.29 is 9.32 Å². The van der Waals surface area contributed by atoms with Crippen LogP contribution in [-0.4, -0.2) is 18.3 Å². The van der Waals surface area contributed by atoms with E-state index in [4.69, 9.17) is 22.8 Å². The van der Waals surface area contributed by atoms with E-state index < -0.39 is 5.62 Å². The van der Waals surface area contributed by atoms with Gasteiger partial charge in [0.15, 0.2) is 0 Å². The molecule has 0 aromatic heterocycles. The maximum Gasteiger partial charge on any atom is 0.213 e. The third-order valence-corrected chi connectivity index (χ3v) is 7.24. The molecule has 14 heavy (non-hydrogen) atoms. The minimum atomic E-state index is -2.32. The van der Waals surface area contributed by atoms with Crippen LogP contribution in [0.1, 0.15) is 20.3 Å². The van der Waals surface area contributed by atoms with E-state index in [1.807, 2.05) is 6.92 Å². The molecule has 0 fully saturated rings. The number of carbonyl (C=O) groups excluding carboxylic acids is 1. The maximum atomic E-state index is 10.4. The van der Waals surface area contributed by atoms with E-state index in [9.17, 15) is 4.79 Å². The minimum Gasteiger partial charge on any atom is -0.313 e. The predicted octanol–water partition coefficient (Wildman–Crippen LogP) is 2.14. The molecule has 0 rings (SSSR count). The molecule has 1 N–H and O–H groups in total. The van der Waals surface area contributed by atoms with Crippen LogP contribution in [0.5, 0.6) is 0 Å². The molecule has 0 saturated carbocycles. The first-order valence-electron chi connectivity index (χ1n) is 4.16. The number of amides is 1. The van der Waals surface area contributed by atoms with E-state index in [1.54, 1.807) is 0 Å². The van der Waals surface area contributed by atoms with E-state index in [0.29, 0.717) is 11.7 Å². The van der Waals surface area contributed by atoms with Crippen molar-refractivity contribution in [3.8, 4) is 12.3 Å². The molecule has 0 heterocycles. The van der Waals surface area contributed by atoms with Crippen molar-refractivity contribution in [3.63, 3.8) is 0 Å². The highest BCUT2D eigenvalue weighted by Crippen LogP contribution is 2.58. The molecule has 0 radical (unpaired) electrons. The van der Waals surface area contributed by atoms with Crippen molar-refractivity contribution in [1.29, 1.82) is 0 Å². The van der Waals surface area contributed by atoms with Gasteiger partial charge in [0.25, 0.3) is 0 Å². The van der Waals surface area contributed by atoms with Gasteiger partial charge in [0.2, 0.25) is 12.0 Å². The summed E-state index contributed by atoms with van der Waals surface area (Å²) in [6.07, 6.45) is 6.62. The van der Waals surface area contributed by atoms with Gasteiger partial charge in [-0.25, -0.2) is 0 Å². The Kier molecular flexibility index (Phi) is 7.30. The van der Waals surface area contributed by atoms with Gasteiger partial charge in [-0.3, -0.25) is 4.79 Å². The summed E-state index contributed by atoms with van der Waals surface area (Å²) in [6.45, 7) is 4.23. The van der Waals surface area contributed by atoms with Gasteiger partial charge in [0, 0.05) is 5.25 Å². The molecular formula is C8H14NO2PS2. The topological polar surface area (TPSA) is 38.3 Å². The Bertz CT molecular complexity index is 265. The lowest BCUT2D eigenvalue weighted by Crippen LogP contribution is -2.10. The summed E-state index contributed by atoms with van der Waals surface area (Å²) in [5, 5.41) is 2.90. The Balaban J connectivity index is 4.31. The lowest BCUT2D eigenvalue weighted by molar-refractivity contribution is -0.108. The molecule has 0 aliphatic carbocycles. The molecule has 80 valence electrons. The average molecular weight is 251 g/mol. The predicted molar refractivity (Wildman–Crippen MR) is 65.6 cm³/mol. The molecule has 2 atom stereocenters. The molecule has 0 aliphatic heterocycles. The van der Waals surface area contributed by atoms with E-state index in [1.165, 1.54) is 11.4 Å². The van der Waals surface area contributed by atoms with Crippen LogP contribution in [0.15, 0.2) is 0 Å². The van der Waals surface area contributed by atoms with Crippen molar-refractivity contribution in [2.45, 2.75) is 25.5 Å². The fraction of sp³-hybridized carbons (Fsp3) is 0.625. The number of carbonyl (C=O) groups is 1. The van der Waals surface area contributed by atoms with Crippen molar-refractivity contribution in [2.24, 2.45) is 0 Å². The van der Waals surface area contributed by atoms with Gasteiger partial charge in [0.1, 0.15) is 6.61 Å². The first-order chi connectivity index (χ1) is 6.58. The third kappa shape index (κ3) is 5.66. The van der Waals surface area contributed by atoms with Crippen LogP contribution in [0.2, 0.25) is 0 Å². The van der Waals surface area contributed by atoms with Gasteiger partial charge in [-0.15, -0.1) is 6.42 Å². The Morgan fingerprint density at radius 3 is 2.93 bits per heavy atom. The lowest BCUT2D eigenvalue weighted by Gasteiger charge is -2.21. The standard InChI is InChI=1S/C8H14NO2PS2/c1-4-6-11-12(13,9-7-10)14-8(3)5-2/h1,7-8H,5-6H2,2-3H3,(H,9,10,13). The van der Waals surface area contributed by atoms with Crippen molar-refractivity contribution in [3.05, 3.63) is 0 Å². The molecular weight excluding hydrogens is 237 g/mol. The summed E-state index contributed by atoms with van der Waals surface area (Å²) >= 11 is 6.70. The van der Waals surface area contributed by atoms with E-state index >= 15 is 0 Å². The smallest absolute Gasteiger partial charge is 0.213 e. The van der Waals surface area contributed by atoms with E-state index in [0.717, 1.165) is 6.42 Å². The fourth-order valence-electron chi connectivity index (χ4n) is 0.596. The summed E-state index contributed by atoms with van der Waals surface area (Å²) in [7, 11) is 0.